The SMILES string of the molecule is CCNS(=O)(=O)c1cccc(-c2ccc3cnc(Nc4cc5c(cc4OC)CCNC5)nc3c2)c1. The van der Waals surface area contributed by atoms with E-state index in [9.17, 15) is 8.42 Å². The van der Waals surface area contributed by atoms with Gasteiger partial charge < -0.3 is 15.4 Å². The molecule has 180 valence electrons. The minimum Gasteiger partial charge on any atom is -0.495 e. The van der Waals surface area contributed by atoms with Crippen molar-refractivity contribution < 1.29 is 13.2 Å². The van der Waals surface area contributed by atoms with Crippen LogP contribution in [0.2, 0.25) is 0 Å². The lowest BCUT2D eigenvalue weighted by Gasteiger charge is -2.20. The molecule has 9 heteroatoms. The lowest BCUT2D eigenvalue weighted by Crippen LogP contribution is -2.23. The van der Waals surface area contributed by atoms with Crippen LogP contribution in [0, 0.1) is 0 Å². The van der Waals surface area contributed by atoms with Crippen molar-refractivity contribution in [1.82, 2.24) is 20.0 Å². The number of nitrogens with zero attached hydrogens (tertiary/aromatic N) is 2. The number of hydrogen-bond acceptors (Lipinski definition) is 7. The van der Waals surface area contributed by atoms with Gasteiger partial charge in [-0.25, -0.2) is 23.1 Å². The van der Waals surface area contributed by atoms with Crippen molar-refractivity contribution in [2.45, 2.75) is 24.8 Å². The van der Waals surface area contributed by atoms with Gasteiger partial charge in [0.25, 0.3) is 0 Å². The fourth-order valence-electron chi connectivity index (χ4n) is 4.28. The number of fused-ring (bicyclic) bond motifs is 2. The third-order valence-electron chi connectivity index (χ3n) is 6.05. The molecule has 0 fully saturated rings. The Balaban J connectivity index is 1.48. The molecule has 3 aromatic carbocycles. The Morgan fingerprint density at radius 3 is 2.74 bits per heavy atom. The van der Waals surface area contributed by atoms with E-state index >= 15 is 0 Å². The summed E-state index contributed by atoms with van der Waals surface area (Å²) in [6.07, 6.45) is 2.74. The molecule has 8 nitrogen and oxygen atoms in total. The van der Waals surface area contributed by atoms with Crippen LogP contribution in [0.4, 0.5) is 11.6 Å². The average molecular weight is 490 g/mol. The van der Waals surface area contributed by atoms with E-state index in [0.717, 1.165) is 53.0 Å². The normalized spacial score (nSPS) is 13.4. The first-order valence-corrected chi connectivity index (χ1v) is 13.0. The summed E-state index contributed by atoms with van der Waals surface area (Å²) in [6, 6.07) is 16.9. The van der Waals surface area contributed by atoms with Gasteiger partial charge in [-0.3, -0.25) is 0 Å². The standard InChI is InChI=1S/C26H27N5O3S/c1-3-29-35(32,33)22-6-4-5-17(11-22)18-7-8-20-16-28-26(30-23(20)12-18)31-24-13-21-15-27-10-9-19(21)14-25(24)34-2/h4-8,11-14,16,27,29H,3,9-10,15H2,1-2H3,(H,28,30,31). The third-order valence-corrected chi connectivity index (χ3v) is 7.59. The van der Waals surface area contributed by atoms with E-state index < -0.39 is 10.0 Å². The Kier molecular flexibility index (Phi) is 6.38. The molecule has 0 amide bonds. The molecule has 0 radical (unpaired) electrons. The molecular weight excluding hydrogens is 462 g/mol. The van der Waals surface area contributed by atoms with Crippen LogP contribution < -0.4 is 20.1 Å². The van der Waals surface area contributed by atoms with Crippen LogP contribution in [0.5, 0.6) is 5.75 Å². The van der Waals surface area contributed by atoms with Gasteiger partial charge in [0.05, 0.1) is 23.2 Å². The third kappa shape index (κ3) is 4.84. The van der Waals surface area contributed by atoms with Gasteiger partial charge in [0.15, 0.2) is 0 Å². The summed E-state index contributed by atoms with van der Waals surface area (Å²) in [6.45, 7) is 3.87. The van der Waals surface area contributed by atoms with Gasteiger partial charge in [0.1, 0.15) is 5.75 Å². The molecule has 0 spiro atoms. The molecule has 5 rings (SSSR count). The summed E-state index contributed by atoms with van der Waals surface area (Å²) in [4.78, 5) is 9.43. The highest BCUT2D eigenvalue weighted by atomic mass is 32.2. The maximum atomic E-state index is 12.4. The van der Waals surface area contributed by atoms with Gasteiger partial charge in [-0.1, -0.05) is 31.2 Å². The minimum atomic E-state index is -3.54. The Hall–Kier alpha value is -3.53. The molecule has 0 unspecified atom stereocenters. The van der Waals surface area contributed by atoms with E-state index in [2.05, 4.69) is 32.5 Å². The van der Waals surface area contributed by atoms with Crippen LogP contribution in [0.3, 0.4) is 0 Å². The summed E-state index contributed by atoms with van der Waals surface area (Å²) in [5.74, 6) is 1.21. The highest BCUT2D eigenvalue weighted by Gasteiger charge is 2.16. The number of aromatic nitrogens is 2. The topological polar surface area (TPSA) is 105 Å². The zero-order valence-corrected chi connectivity index (χ0v) is 20.4. The van der Waals surface area contributed by atoms with Crippen molar-refractivity contribution >= 4 is 32.6 Å². The fourth-order valence-corrected chi connectivity index (χ4v) is 5.36. The van der Waals surface area contributed by atoms with Gasteiger partial charge in [-0.05, 0) is 65.6 Å². The first-order valence-electron chi connectivity index (χ1n) is 11.5. The monoisotopic (exact) mass is 489 g/mol. The van der Waals surface area contributed by atoms with E-state index in [-0.39, 0.29) is 4.90 Å². The van der Waals surface area contributed by atoms with E-state index in [1.54, 1.807) is 38.4 Å². The van der Waals surface area contributed by atoms with Crippen molar-refractivity contribution in [2.75, 3.05) is 25.5 Å². The number of anilines is 2. The predicted molar refractivity (Wildman–Crippen MR) is 138 cm³/mol. The van der Waals surface area contributed by atoms with Crippen LogP contribution in [0.15, 0.2) is 65.7 Å². The number of methoxy groups -OCH3 is 1. The number of benzene rings is 3. The summed E-state index contributed by atoms with van der Waals surface area (Å²) >= 11 is 0. The van der Waals surface area contributed by atoms with Crippen molar-refractivity contribution in [1.29, 1.82) is 0 Å². The number of ether oxygens (including phenoxy) is 1. The van der Waals surface area contributed by atoms with E-state index in [1.807, 2.05) is 24.3 Å². The second-order valence-electron chi connectivity index (χ2n) is 8.37. The number of nitrogens with one attached hydrogen (secondary N) is 3. The molecule has 0 bridgehead atoms. The van der Waals surface area contributed by atoms with Crippen LogP contribution in [0.25, 0.3) is 22.0 Å². The predicted octanol–water partition coefficient (Wildman–Crippen LogP) is 3.99. The number of sulfonamides is 1. The lowest BCUT2D eigenvalue weighted by atomic mass is 10.00. The largest absolute Gasteiger partial charge is 0.495 e. The van der Waals surface area contributed by atoms with Gasteiger partial charge in [0, 0.05) is 24.7 Å². The second kappa shape index (κ2) is 9.61. The van der Waals surface area contributed by atoms with Gasteiger partial charge in [-0.2, -0.15) is 0 Å². The Morgan fingerprint density at radius 1 is 1.06 bits per heavy atom. The summed E-state index contributed by atoms with van der Waals surface area (Å²) in [7, 11) is -1.88. The molecular formula is C26H27N5O3S. The summed E-state index contributed by atoms with van der Waals surface area (Å²) < 4.78 is 33.0. The molecule has 3 N–H and O–H groups in total. The van der Waals surface area contributed by atoms with Crippen molar-refractivity contribution in [3.63, 3.8) is 0 Å². The molecule has 0 atom stereocenters. The number of hydrogen-bond donors (Lipinski definition) is 3. The quantitative estimate of drug-likeness (QED) is 0.360. The molecule has 4 aromatic rings. The van der Waals surface area contributed by atoms with Crippen molar-refractivity contribution in [3.05, 3.63) is 71.9 Å². The molecule has 35 heavy (non-hydrogen) atoms. The fraction of sp³-hybridized carbons (Fsp3) is 0.231. The minimum absolute atomic E-state index is 0.232. The first-order chi connectivity index (χ1) is 17.0. The maximum absolute atomic E-state index is 12.4. The highest BCUT2D eigenvalue weighted by Crippen LogP contribution is 2.32. The Morgan fingerprint density at radius 2 is 1.91 bits per heavy atom. The summed E-state index contributed by atoms with van der Waals surface area (Å²) in [5, 5.41) is 7.59. The van der Waals surface area contributed by atoms with Crippen molar-refractivity contribution in [2.24, 2.45) is 0 Å². The van der Waals surface area contributed by atoms with E-state index in [4.69, 9.17) is 9.72 Å². The van der Waals surface area contributed by atoms with Gasteiger partial charge >= 0.3 is 0 Å². The van der Waals surface area contributed by atoms with E-state index in [0.29, 0.717) is 12.5 Å². The molecule has 0 aliphatic carbocycles. The van der Waals surface area contributed by atoms with Crippen molar-refractivity contribution in [3.8, 4) is 16.9 Å². The zero-order chi connectivity index (χ0) is 24.4. The smallest absolute Gasteiger partial charge is 0.240 e. The Labute approximate surface area is 204 Å². The van der Waals surface area contributed by atoms with E-state index in [1.165, 1.54) is 11.1 Å². The first kappa shape index (κ1) is 23.2. The molecule has 0 saturated heterocycles. The Bertz CT molecular complexity index is 1500. The second-order valence-corrected chi connectivity index (χ2v) is 10.1. The summed E-state index contributed by atoms with van der Waals surface area (Å²) in [5.41, 5.74) is 5.74. The molecule has 1 aromatic heterocycles. The number of rotatable bonds is 7. The van der Waals surface area contributed by atoms with Crippen LogP contribution in [-0.4, -0.2) is 38.6 Å². The zero-order valence-electron chi connectivity index (χ0n) is 19.6. The molecule has 1 aliphatic heterocycles. The average Bonchev–Trinajstić information content (AvgIpc) is 2.88. The highest BCUT2D eigenvalue weighted by molar-refractivity contribution is 7.89. The van der Waals surface area contributed by atoms with Gasteiger partial charge in [0.2, 0.25) is 16.0 Å². The van der Waals surface area contributed by atoms with Crippen LogP contribution in [-0.2, 0) is 23.0 Å². The van der Waals surface area contributed by atoms with Gasteiger partial charge in [-0.15, -0.1) is 0 Å². The lowest BCUT2D eigenvalue weighted by molar-refractivity contribution is 0.415. The van der Waals surface area contributed by atoms with Crippen LogP contribution in [0.1, 0.15) is 18.1 Å². The molecule has 2 heterocycles. The molecule has 1 aliphatic rings. The molecule has 0 saturated carbocycles. The maximum Gasteiger partial charge on any atom is 0.240 e. The van der Waals surface area contributed by atoms with Crippen LogP contribution >= 0.6 is 0 Å².